The predicted molar refractivity (Wildman–Crippen MR) is 130 cm³/mol. The van der Waals surface area contributed by atoms with Crippen LogP contribution in [0.5, 0.6) is 34.5 Å². The maximum atomic E-state index is 5.60. The molecule has 0 fully saturated rings. The van der Waals surface area contributed by atoms with Crippen LogP contribution in [-0.2, 0) is 6.42 Å². The highest BCUT2D eigenvalue weighted by atomic mass is 32.1. The van der Waals surface area contributed by atoms with Crippen LogP contribution in [0.2, 0.25) is 0 Å². The van der Waals surface area contributed by atoms with E-state index in [-0.39, 0.29) is 0 Å². The summed E-state index contributed by atoms with van der Waals surface area (Å²) in [6.45, 7) is 2.07. The highest BCUT2D eigenvalue weighted by molar-refractivity contribution is 7.16. The van der Waals surface area contributed by atoms with E-state index in [1.54, 1.807) is 54.0 Å². The van der Waals surface area contributed by atoms with Gasteiger partial charge in [-0.2, -0.15) is 5.10 Å². The van der Waals surface area contributed by atoms with Crippen molar-refractivity contribution in [3.05, 3.63) is 29.3 Å². The quantitative estimate of drug-likeness (QED) is 0.336. The zero-order chi connectivity index (χ0) is 24.4. The molecule has 0 radical (unpaired) electrons. The number of methoxy groups -OCH3 is 6. The van der Waals surface area contributed by atoms with Crippen molar-refractivity contribution in [2.24, 2.45) is 0 Å². The van der Waals surface area contributed by atoms with E-state index in [1.165, 1.54) is 0 Å². The summed E-state index contributed by atoms with van der Waals surface area (Å²) in [5, 5.41) is 5.78. The Morgan fingerprint density at radius 3 is 1.59 bits per heavy atom. The van der Waals surface area contributed by atoms with E-state index in [2.05, 4.69) is 6.92 Å². The van der Waals surface area contributed by atoms with Crippen molar-refractivity contribution in [2.75, 3.05) is 42.7 Å². The number of rotatable bonds is 9. The van der Waals surface area contributed by atoms with E-state index in [0.29, 0.717) is 40.2 Å². The third-order valence-electron chi connectivity index (χ3n) is 5.42. The minimum Gasteiger partial charge on any atom is -0.493 e. The van der Waals surface area contributed by atoms with Crippen LogP contribution in [0.1, 0.15) is 11.9 Å². The second kappa shape index (κ2) is 9.68. The van der Waals surface area contributed by atoms with Gasteiger partial charge in [-0.05, 0) is 30.7 Å². The number of aryl methyl sites for hydroxylation is 1. The van der Waals surface area contributed by atoms with Gasteiger partial charge < -0.3 is 28.4 Å². The van der Waals surface area contributed by atoms with E-state index in [9.17, 15) is 0 Å². The molecule has 2 aromatic heterocycles. The lowest BCUT2D eigenvalue weighted by Crippen LogP contribution is -1.99. The Labute approximate surface area is 201 Å². The summed E-state index contributed by atoms with van der Waals surface area (Å²) in [6.07, 6.45) is 0.808. The average molecular weight is 486 g/mol. The van der Waals surface area contributed by atoms with Crippen molar-refractivity contribution in [3.63, 3.8) is 0 Å². The van der Waals surface area contributed by atoms with Crippen LogP contribution in [0.15, 0.2) is 24.3 Å². The summed E-state index contributed by atoms with van der Waals surface area (Å²) in [5.74, 6) is 3.16. The molecule has 0 amide bonds. The average Bonchev–Trinajstić information content (AvgIpc) is 3.44. The normalized spacial score (nSPS) is 10.9. The number of fused-ring (bicyclic) bond motifs is 1. The third kappa shape index (κ3) is 3.83. The summed E-state index contributed by atoms with van der Waals surface area (Å²) < 4.78 is 35.2. The molecule has 0 bridgehead atoms. The van der Waals surface area contributed by atoms with E-state index in [1.807, 2.05) is 28.8 Å². The molecule has 0 aliphatic rings. The van der Waals surface area contributed by atoms with Gasteiger partial charge in [-0.25, -0.2) is 9.50 Å². The summed E-state index contributed by atoms with van der Waals surface area (Å²) in [6, 6.07) is 7.51. The number of hydrogen-bond acceptors (Lipinski definition) is 9. The van der Waals surface area contributed by atoms with Crippen LogP contribution in [0.25, 0.3) is 27.5 Å². The van der Waals surface area contributed by atoms with Crippen LogP contribution in [0, 0.1) is 0 Å². The van der Waals surface area contributed by atoms with Crippen molar-refractivity contribution >= 4 is 16.3 Å². The highest BCUT2D eigenvalue weighted by Gasteiger charge is 2.25. The second-order valence-corrected chi connectivity index (χ2v) is 8.22. The van der Waals surface area contributed by atoms with E-state index >= 15 is 0 Å². The van der Waals surface area contributed by atoms with Crippen molar-refractivity contribution in [3.8, 4) is 57.0 Å². The first-order valence-corrected chi connectivity index (χ1v) is 11.3. The van der Waals surface area contributed by atoms with Crippen molar-refractivity contribution in [1.29, 1.82) is 0 Å². The molecule has 0 atom stereocenters. The number of imidazole rings is 1. The fraction of sp³-hybridized carbons (Fsp3) is 0.333. The van der Waals surface area contributed by atoms with Crippen molar-refractivity contribution < 1.29 is 28.4 Å². The van der Waals surface area contributed by atoms with Gasteiger partial charge in [-0.1, -0.05) is 18.3 Å². The maximum absolute atomic E-state index is 5.60. The van der Waals surface area contributed by atoms with Gasteiger partial charge in [0.15, 0.2) is 23.0 Å². The summed E-state index contributed by atoms with van der Waals surface area (Å²) >= 11 is 1.54. The maximum Gasteiger partial charge on any atom is 0.213 e. The molecule has 4 rings (SSSR count). The largest absolute Gasteiger partial charge is 0.493 e. The minimum absolute atomic E-state index is 0.510. The Kier molecular flexibility index (Phi) is 6.69. The topological polar surface area (TPSA) is 85.6 Å². The first-order chi connectivity index (χ1) is 16.5. The molecule has 0 saturated heterocycles. The number of ether oxygens (including phenoxy) is 6. The molecule has 0 aliphatic carbocycles. The predicted octanol–water partition coefficient (Wildman–Crippen LogP) is 4.74. The molecule has 9 nitrogen and oxygen atoms in total. The molecule has 4 aromatic rings. The number of aromatic nitrogens is 3. The van der Waals surface area contributed by atoms with Gasteiger partial charge >= 0.3 is 0 Å². The summed E-state index contributed by atoms with van der Waals surface area (Å²) in [4.78, 5) is 5.71. The molecule has 0 aliphatic heterocycles. The number of hydrogen-bond donors (Lipinski definition) is 0. The lowest BCUT2D eigenvalue weighted by atomic mass is 10.0. The Balaban J connectivity index is 2.05. The molecule has 0 saturated carbocycles. The smallest absolute Gasteiger partial charge is 0.213 e. The van der Waals surface area contributed by atoms with Gasteiger partial charge in [0, 0.05) is 11.1 Å². The van der Waals surface area contributed by atoms with Gasteiger partial charge in [-0.3, -0.25) is 0 Å². The molecule has 2 heterocycles. The van der Waals surface area contributed by atoms with Crippen LogP contribution in [0.3, 0.4) is 0 Å². The SMILES string of the molecule is CCc1nn2c(-c3cc(OC)c(OC)c(OC)c3)c(-c3cc(OC)c(OC)c(OC)c3)nc2s1. The van der Waals surface area contributed by atoms with Crippen LogP contribution < -0.4 is 28.4 Å². The van der Waals surface area contributed by atoms with Crippen molar-refractivity contribution in [1.82, 2.24) is 14.6 Å². The standard InChI is InChI=1S/C24H27N3O6S/c1-8-19-26-27-21(14-11-17(30-4)23(33-7)18(12-14)31-5)20(25-24(27)34-19)13-9-15(28-2)22(32-6)16(10-13)29-3/h9-12H,8H2,1-7H3. The minimum atomic E-state index is 0.510. The van der Waals surface area contributed by atoms with Crippen LogP contribution in [0.4, 0.5) is 0 Å². The van der Waals surface area contributed by atoms with Crippen LogP contribution in [-0.4, -0.2) is 57.3 Å². The van der Waals surface area contributed by atoms with Gasteiger partial charge in [0.25, 0.3) is 0 Å². The Hall–Kier alpha value is -3.66. The third-order valence-corrected chi connectivity index (χ3v) is 6.48. The van der Waals surface area contributed by atoms with Gasteiger partial charge in [0.05, 0.1) is 42.7 Å². The molecule has 2 aromatic carbocycles. The molecule has 34 heavy (non-hydrogen) atoms. The number of benzene rings is 2. The monoisotopic (exact) mass is 485 g/mol. The van der Waals surface area contributed by atoms with E-state index in [4.69, 9.17) is 38.5 Å². The second-order valence-electron chi connectivity index (χ2n) is 7.18. The van der Waals surface area contributed by atoms with E-state index in [0.717, 1.165) is 33.2 Å². The van der Waals surface area contributed by atoms with Gasteiger partial charge in [-0.15, -0.1) is 0 Å². The van der Waals surface area contributed by atoms with Gasteiger partial charge in [0.1, 0.15) is 16.4 Å². The summed E-state index contributed by atoms with van der Waals surface area (Å²) in [5.41, 5.74) is 3.07. The lowest BCUT2D eigenvalue weighted by molar-refractivity contribution is 0.324. The molecule has 0 spiro atoms. The fourth-order valence-corrected chi connectivity index (χ4v) is 4.66. The Bertz CT molecular complexity index is 1280. The first kappa shape index (κ1) is 23.5. The molecular weight excluding hydrogens is 458 g/mol. The van der Waals surface area contributed by atoms with Gasteiger partial charge in [0.2, 0.25) is 16.5 Å². The molecular formula is C24H27N3O6S. The number of nitrogens with zero attached hydrogens (tertiary/aromatic N) is 3. The zero-order valence-corrected chi connectivity index (χ0v) is 21.0. The molecule has 180 valence electrons. The highest BCUT2D eigenvalue weighted by Crippen LogP contribution is 2.46. The lowest BCUT2D eigenvalue weighted by Gasteiger charge is -2.16. The Morgan fingerprint density at radius 2 is 1.18 bits per heavy atom. The van der Waals surface area contributed by atoms with Crippen molar-refractivity contribution in [2.45, 2.75) is 13.3 Å². The summed E-state index contributed by atoms with van der Waals surface area (Å²) in [7, 11) is 9.50. The zero-order valence-electron chi connectivity index (χ0n) is 20.2. The molecule has 0 unspecified atom stereocenters. The fourth-order valence-electron chi connectivity index (χ4n) is 3.83. The molecule has 0 N–H and O–H groups in total. The first-order valence-electron chi connectivity index (χ1n) is 10.5. The van der Waals surface area contributed by atoms with Crippen LogP contribution >= 0.6 is 11.3 Å². The van der Waals surface area contributed by atoms with E-state index < -0.39 is 0 Å². The Morgan fingerprint density at radius 1 is 0.706 bits per heavy atom. The molecule has 10 heteroatoms.